The van der Waals surface area contributed by atoms with Crippen LogP contribution in [0.3, 0.4) is 0 Å². The second-order valence-corrected chi connectivity index (χ2v) is 2.78. The van der Waals surface area contributed by atoms with Crippen LogP contribution >= 0.6 is 12.4 Å². The minimum absolute atomic E-state index is 0. The lowest BCUT2D eigenvalue weighted by Crippen LogP contribution is -2.18. The summed E-state index contributed by atoms with van der Waals surface area (Å²) in [6.45, 7) is 0. The molecule has 68 valence electrons. The Labute approximate surface area is 78.8 Å². The Morgan fingerprint density at radius 3 is 2.17 bits per heavy atom. The molecule has 0 radical (unpaired) electrons. The van der Waals surface area contributed by atoms with Crippen molar-refractivity contribution >= 4 is 12.4 Å². The summed E-state index contributed by atoms with van der Waals surface area (Å²) in [6, 6.07) is 0. The monoisotopic (exact) mass is 187 g/mol. The quantitative estimate of drug-likeness (QED) is 0.725. The van der Waals surface area contributed by atoms with Crippen LogP contribution in [0.25, 0.3) is 0 Å². The minimum Gasteiger partial charge on any atom is -0.321 e. The SMILES string of the molecule is C.Cl.NC1(c2cncnc2)CC1. The van der Waals surface area contributed by atoms with E-state index in [4.69, 9.17) is 5.73 Å². The average molecular weight is 188 g/mol. The highest BCUT2D eigenvalue weighted by atomic mass is 35.5. The molecule has 1 saturated carbocycles. The maximum atomic E-state index is 5.89. The van der Waals surface area contributed by atoms with E-state index >= 15 is 0 Å². The van der Waals surface area contributed by atoms with Crippen LogP contribution in [0.15, 0.2) is 18.7 Å². The Morgan fingerprint density at radius 1 is 1.25 bits per heavy atom. The summed E-state index contributed by atoms with van der Waals surface area (Å²) in [5.41, 5.74) is 6.87. The highest BCUT2D eigenvalue weighted by Crippen LogP contribution is 2.41. The lowest BCUT2D eigenvalue weighted by atomic mass is 10.1. The molecule has 3 nitrogen and oxygen atoms in total. The zero-order valence-corrected chi connectivity index (χ0v) is 6.84. The van der Waals surface area contributed by atoms with Gasteiger partial charge in [0.15, 0.2) is 0 Å². The average Bonchev–Trinajstić information content (AvgIpc) is 2.72. The van der Waals surface area contributed by atoms with Crippen molar-refractivity contribution in [2.75, 3.05) is 0 Å². The van der Waals surface area contributed by atoms with Crippen LogP contribution < -0.4 is 5.73 Å². The first-order valence-electron chi connectivity index (χ1n) is 3.36. The van der Waals surface area contributed by atoms with Crippen molar-refractivity contribution in [1.82, 2.24) is 9.97 Å². The van der Waals surface area contributed by atoms with Gasteiger partial charge in [0.05, 0.1) is 0 Å². The lowest BCUT2D eigenvalue weighted by molar-refractivity contribution is 0.728. The second kappa shape index (κ2) is 3.83. The standard InChI is InChI=1S/C7H9N3.CH4.ClH/c8-7(1-2-7)6-3-9-5-10-4-6;;/h3-5H,1-2,8H2;1H4;1H. The van der Waals surface area contributed by atoms with Crippen molar-refractivity contribution in [2.24, 2.45) is 5.73 Å². The highest BCUT2D eigenvalue weighted by molar-refractivity contribution is 5.85. The largest absolute Gasteiger partial charge is 0.321 e. The van der Waals surface area contributed by atoms with Crippen LogP contribution in [0.2, 0.25) is 0 Å². The van der Waals surface area contributed by atoms with E-state index in [0.29, 0.717) is 0 Å². The third-order valence-electron chi connectivity index (χ3n) is 1.92. The van der Waals surface area contributed by atoms with E-state index in [2.05, 4.69) is 9.97 Å². The van der Waals surface area contributed by atoms with Crippen molar-refractivity contribution in [2.45, 2.75) is 25.8 Å². The molecule has 0 bridgehead atoms. The van der Waals surface area contributed by atoms with E-state index in [1.807, 2.05) is 0 Å². The van der Waals surface area contributed by atoms with Gasteiger partial charge in [-0.15, -0.1) is 12.4 Å². The van der Waals surface area contributed by atoms with Gasteiger partial charge in [-0.05, 0) is 12.8 Å². The first kappa shape index (κ1) is 11.3. The summed E-state index contributed by atoms with van der Waals surface area (Å²) in [7, 11) is 0. The summed E-state index contributed by atoms with van der Waals surface area (Å²) in [5.74, 6) is 0. The summed E-state index contributed by atoms with van der Waals surface area (Å²) >= 11 is 0. The van der Waals surface area contributed by atoms with Gasteiger partial charge in [0.2, 0.25) is 0 Å². The fourth-order valence-electron chi connectivity index (χ4n) is 0.980. The lowest BCUT2D eigenvalue weighted by Gasteiger charge is -2.05. The van der Waals surface area contributed by atoms with Crippen LogP contribution in [0.4, 0.5) is 0 Å². The Balaban J connectivity index is 0.000000605. The van der Waals surface area contributed by atoms with Crippen LogP contribution in [0.5, 0.6) is 0 Å². The van der Waals surface area contributed by atoms with E-state index < -0.39 is 0 Å². The third-order valence-corrected chi connectivity index (χ3v) is 1.92. The molecule has 1 aromatic heterocycles. The maximum Gasteiger partial charge on any atom is 0.115 e. The van der Waals surface area contributed by atoms with E-state index in [1.165, 1.54) is 6.33 Å². The number of rotatable bonds is 1. The van der Waals surface area contributed by atoms with Gasteiger partial charge in [-0.1, -0.05) is 7.43 Å². The molecular formula is C8H14ClN3. The topological polar surface area (TPSA) is 51.8 Å². The molecule has 1 aromatic rings. The van der Waals surface area contributed by atoms with Crippen LogP contribution in [0, 0.1) is 0 Å². The predicted molar refractivity (Wildman–Crippen MR) is 51.1 cm³/mol. The Morgan fingerprint density at radius 2 is 1.75 bits per heavy atom. The van der Waals surface area contributed by atoms with Gasteiger partial charge in [-0.2, -0.15) is 0 Å². The maximum absolute atomic E-state index is 5.89. The zero-order valence-electron chi connectivity index (χ0n) is 6.03. The number of nitrogens with zero attached hydrogens (tertiary/aromatic N) is 2. The summed E-state index contributed by atoms with van der Waals surface area (Å²) in [4.78, 5) is 7.80. The van der Waals surface area contributed by atoms with Gasteiger partial charge in [0.1, 0.15) is 6.33 Å². The smallest absolute Gasteiger partial charge is 0.115 e. The molecule has 0 aliphatic heterocycles. The van der Waals surface area contributed by atoms with Gasteiger partial charge in [0.25, 0.3) is 0 Å². The second-order valence-electron chi connectivity index (χ2n) is 2.78. The summed E-state index contributed by atoms with van der Waals surface area (Å²) in [5, 5.41) is 0. The van der Waals surface area contributed by atoms with Crippen molar-refractivity contribution in [3.63, 3.8) is 0 Å². The summed E-state index contributed by atoms with van der Waals surface area (Å²) < 4.78 is 0. The Hall–Kier alpha value is -0.670. The van der Waals surface area contributed by atoms with Gasteiger partial charge in [0, 0.05) is 23.5 Å². The van der Waals surface area contributed by atoms with E-state index in [1.54, 1.807) is 12.4 Å². The molecule has 0 spiro atoms. The molecule has 0 unspecified atom stereocenters. The van der Waals surface area contributed by atoms with Crippen molar-refractivity contribution in [1.29, 1.82) is 0 Å². The summed E-state index contributed by atoms with van der Waals surface area (Å²) in [6.07, 6.45) is 7.25. The number of hydrogen-bond acceptors (Lipinski definition) is 3. The Kier molecular flexibility index (Phi) is 3.61. The molecule has 2 N–H and O–H groups in total. The zero-order chi connectivity index (χ0) is 7.03. The molecular weight excluding hydrogens is 174 g/mol. The Bertz CT molecular complexity index is 233. The van der Waals surface area contributed by atoms with E-state index in [-0.39, 0.29) is 25.4 Å². The van der Waals surface area contributed by atoms with Crippen molar-refractivity contribution in [3.8, 4) is 0 Å². The van der Waals surface area contributed by atoms with Crippen molar-refractivity contribution in [3.05, 3.63) is 24.3 Å². The van der Waals surface area contributed by atoms with Crippen LogP contribution in [-0.4, -0.2) is 9.97 Å². The highest BCUT2D eigenvalue weighted by Gasteiger charge is 2.40. The fraction of sp³-hybridized carbons (Fsp3) is 0.500. The molecule has 0 aromatic carbocycles. The number of hydrogen-bond donors (Lipinski definition) is 1. The molecule has 0 saturated heterocycles. The molecule has 1 aliphatic rings. The molecule has 0 atom stereocenters. The number of aromatic nitrogens is 2. The molecule has 12 heavy (non-hydrogen) atoms. The van der Waals surface area contributed by atoms with E-state index in [9.17, 15) is 0 Å². The number of nitrogens with two attached hydrogens (primary N) is 1. The first-order valence-corrected chi connectivity index (χ1v) is 3.36. The first-order chi connectivity index (χ1) is 4.81. The molecule has 4 heteroatoms. The van der Waals surface area contributed by atoms with Crippen molar-refractivity contribution < 1.29 is 0 Å². The molecule has 2 rings (SSSR count). The van der Waals surface area contributed by atoms with Gasteiger partial charge < -0.3 is 5.73 Å². The minimum atomic E-state index is -0.0821. The molecule has 0 amide bonds. The number of halogens is 1. The van der Waals surface area contributed by atoms with Gasteiger partial charge >= 0.3 is 0 Å². The van der Waals surface area contributed by atoms with Gasteiger partial charge in [-0.3, -0.25) is 0 Å². The van der Waals surface area contributed by atoms with Gasteiger partial charge in [-0.25, -0.2) is 9.97 Å². The predicted octanol–water partition coefficient (Wildman–Crippen LogP) is 1.48. The van der Waals surface area contributed by atoms with Crippen LogP contribution in [-0.2, 0) is 5.54 Å². The molecule has 1 aliphatic carbocycles. The molecule has 1 fully saturated rings. The van der Waals surface area contributed by atoms with Crippen LogP contribution in [0.1, 0.15) is 25.8 Å². The van der Waals surface area contributed by atoms with E-state index in [0.717, 1.165) is 18.4 Å². The molecule has 1 heterocycles. The third kappa shape index (κ3) is 1.93. The normalized spacial score (nSPS) is 17.1. The fourth-order valence-corrected chi connectivity index (χ4v) is 0.980.